The zero-order valence-electron chi connectivity index (χ0n) is 22.0. The van der Waals surface area contributed by atoms with Gasteiger partial charge in [0.1, 0.15) is 6.10 Å². The van der Waals surface area contributed by atoms with Gasteiger partial charge in [0.2, 0.25) is 0 Å². The topological polar surface area (TPSA) is 57.2 Å². The maximum atomic E-state index is 10.2. The summed E-state index contributed by atoms with van der Waals surface area (Å²) in [5.74, 6) is -0.237. The van der Waals surface area contributed by atoms with Crippen molar-refractivity contribution in [3.8, 4) is 0 Å². The van der Waals surface area contributed by atoms with Crippen molar-refractivity contribution in [1.82, 2.24) is 0 Å². The van der Waals surface area contributed by atoms with E-state index in [-0.39, 0.29) is 47.7 Å². The van der Waals surface area contributed by atoms with Crippen LogP contribution in [0.25, 0.3) is 0 Å². The molecule has 3 rings (SSSR count). The molecular formula is C27H46O5Si. The Morgan fingerprint density at radius 3 is 2.39 bits per heavy atom. The lowest BCUT2D eigenvalue weighted by Gasteiger charge is -2.54. The van der Waals surface area contributed by atoms with Crippen LogP contribution in [-0.4, -0.2) is 50.7 Å². The van der Waals surface area contributed by atoms with Crippen molar-refractivity contribution >= 4 is 8.32 Å². The second kappa shape index (κ2) is 10.5. The maximum absolute atomic E-state index is 10.2. The summed E-state index contributed by atoms with van der Waals surface area (Å²) < 4.78 is 26.8. The van der Waals surface area contributed by atoms with Crippen molar-refractivity contribution in [3.63, 3.8) is 0 Å². The van der Waals surface area contributed by atoms with Crippen LogP contribution in [0.1, 0.15) is 59.9 Å². The highest BCUT2D eigenvalue weighted by atomic mass is 28.4. The Kier molecular flexibility index (Phi) is 8.51. The van der Waals surface area contributed by atoms with Gasteiger partial charge in [0.05, 0.1) is 25.4 Å². The zero-order valence-corrected chi connectivity index (χ0v) is 23.0. The SMILES string of the molecule is C[C@@H]1[C@@H](O[Si](C)(C)C(C)(C)C)[C@H]([C@@H](OCc2ccccc2)[C@H](C)CO)O[C@]2(CCCO2)[C@H]1C. The fraction of sp³-hybridized carbons (Fsp3) is 0.778. The minimum absolute atomic E-state index is 0.0317. The molecule has 188 valence electrons. The zero-order chi connectivity index (χ0) is 24.4. The van der Waals surface area contributed by atoms with E-state index >= 15 is 0 Å². The number of hydrogen-bond donors (Lipinski definition) is 1. The van der Waals surface area contributed by atoms with Gasteiger partial charge >= 0.3 is 0 Å². The summed E-state index contributed by atoms with van der Waals surface area (Å²) in [5, 5.41) is 10.2. The van der Waals surface area contributed by atoms with Crippen molar-refractivity contribution in [2.45, 2.75) is 103 Å². The minimum Gasteiger partial charge on any atom is -0.411 e. The minimum atomic E-state index is -2.07. The lowest BCUT2D eigenvalue weighted by Crippen LogP contribution is -2.64. The van der Waals surface area contributed by atoms with E-state index in [2.05, 4.69) is 59.8 Å². The molecule has 0 unspecified atom stereocenters. The monoisotopic (exact) mass is 478 g/mol. The highest BCUT2D eigenvalue weighted by Gasteiger charge is 2.57. The van der Waals surface area contributed by atoms with Gasteiger partial charge in [-0.25, -0.2) is 0 Å². The van der Waals surface area contributed by atoms with Crippen LogP contribution in [0.4, 0.5) is 0 Å². The average Bonchev–Trinajstić information content (AvgIpc) is 3.24. The van der Waals surface area contributed by atoms with Crippen molar-refractivity contribution in [1.29, 1.82) is 0 Å². The molecule has 5 nitrogen and oxygen atoms in total. The molecule has 2 heterocycles. The Hall–Kier alpha value is -0.763. The lowest BCUT2D eigenvalue weighted by atomic mass is 9.76. The maximum Gasteiger partial charge on any atom is 0.192 e. The van der Waals surface area contributed by atoms with Gasteiger partial charge in [-0.1, -0.05) is 71.9 Å². The molecule has 0 amide bonds. The van der Waals surface area contributed by atoms with Gasteiger partial charge in [0.25, 0.3) is 0 Å². The van der Waals surface area contributed by atoms with Crippen LogP contribution in [0.15, 0.2) is 30.3 Å². The molecule has 6 heteroatoms. The molecule has 0 bridgehead atoms. The quantitative estimate of drug-likeness (QED) is 0.481. The molecule has 1 aromatic rings. The molecule has 1 N–H and O–H groups in total. The van der Waals surface area contributed by atoms with Crippen molar-refractivity contribution in [2.75, 3.05) is 13.2 Å². The molecule has 0 aliphatic carbocycles. The third kappa shape index (κ3) is 5.73. The van der Waals surface area contributed by atoms with Gasteiger partial charge in [-0.15, -0.1) is 0 Å². The number of benzene rings is 1. The Morgan fingerprint density at radius 1 is 1.18 bits per heavy atom. The number of ether oxygens (including phenoxy) is 3. The first-order valence-electron chi connectivity index (χ1n) is 12.7. The second-order valence-electron chi connectivity index (χ2n) is 11.8. The molecule has 1 spiro atoms. The first-order valence-corrected chi connectivity index (χ1v) is 15.6. The molecule has 0 aromatic heterocycles. The van der Waals surface area contributed by atoms with Crippen LogP contribution in [0.3, 0.4) is 0 Å². The Morgan fingerprint density at radius 2 is 1.85 bits per heavy atom. The third-order valence-electron chi connectivity index (χ3n) is 8.37. The number of rotatable bonds is 8. The van der Waals surface area contributed by atoms with Crippen LogP contribution in [0.5, 0.6) is 0 Å². The molecule has 7 atom stereocenters. The number of aliphatic hydroxyl groups excluding tert-OH is 1. The van der Waals surface area contributed by atoms with Crippen LogP contribution in [0.2, 0.25) is 18.1 Å². The number of hydrogen-bond acceptors (Lipinski definition) is 5. The van der Waals surface area contributed by atoms with Gasteiger partial charge in [0.15, 0.2) is 14.1 Å². The fourth-order valence-corrected chi connectivity index (χ4v) is 6.26. The van der Waals surface area contributed by atoms with E-state index < -0.39 is 14.1 Å². The summed E-state index contributed by atoms with van der Waals surface area (Å²) in [6, 6.07) is 10.2. The van der Waals surface area contributed by atoms with Gasteiger partial charge in [-0.3, -0.25) is 0 Å². The van der Waals surface area contributed by atoms with E-state index in [4.69, 9.17) is 18.6 Å². The lowest BCUT2D eigenvalue weighted by molar-refractivity contribution is -0.336. The van der Waals surface area contributed by atoms with E-state index in [1.165, 1.54) is 0 Å². The molecule has 2 aliphatic heterocycles. The first kappa shape index (κ1) is 26.8. The van der Waals surface area contributed by atoms with Gasteiger partial charge in [0, 0.05) is 24.9 Å². The van der Waals surface area contributed by atoms with Crippen molar-refractivity contribution in [3.05, 3.63) is 35.9 Å². The largest absolute Gasteiger partial charge is 0.411 e. The number of aliphatic hydroxyl groups is 1. The van der Waals surface area contributed by atoms with Crippen molar-refractivity contribution in [2.24, 2.45) is 17.8 Å². The summed E-state index contributed by atoms with van der Waals surface area (Å²) in [6.07, 6.45) is 1.16. The van der Waals surface area contributed by atoms with Gasteiger partial charge in [-0.05, 0) is 36.0 Å². The predicted octanol–water partition coefficient (Wildman–Crippen LogP) is 5.77. The molecule has 2 saturated heterocycles. The highest BCUT2D eigenvalue weighted by Crippen LogP contribution is 2.49. The third-order valence-corrected chi connectivity index (χ3v) is 12.8. The standard InChI is InChI=1S/C27H46O5Si/c1-19(17-28)23(29-18-22-13-10-9-11-14-22)25-24(32-33(7,8)26(4,5)6)20(2)21(3)27(31-25)15-12-16-30-27/h9-11,13-14,19-21,23-25,28H,12,15-18H2,1-8H3/t19-,20+,21+,23+,24-,25+,27-/m1/s1. The summed E-state index contributed by atoms with van der Waals surface area (Å²) in [6.45, 7) is 19.2. The van der Waals surface area contributed by atoms with Crippen LogP contribution < -0.4 is 0 Å². The Labute approximate surface area is 202 Å². The smallest absolute Gasteiger partial charge is 0.192 e. The summed E-state index contributed by atoms with van der Waals surface area (Å²) in [4.78, 5) is 0. The van der Waals surface area contributed by atoms with E-state index in [9.17, 15) is 5.11 Å². The molecule has 0 saturated carbocycles. The Balaban J connectivity index is 1.95. The van der Waals surface area contributed by atoms with E-state index in [1.807, 2.05) is 25.1 Å². The molecular weight excluding hydrogens is 432 g/mol. The normalized spacial score (nSPS) is 32.8. The molecule has 2 aliphatic rings. The van der Waals surface area contributed by atoms with Crippen LogP contribution >= 0.6 is 0 Å². The Bertz CT molecular complexity index is 741. The van der Waals surface area contributed by atoms with E-state index in [1.54, 1.807) is 0 Å². The van der Waals surface area contributed by atoms with E-state index in [0.29, 0.717) is 6.61 Å². The molecule has 0 radical (unpaired) electrons. The molecule has 2 fully saturated rings. The molecule has 33 heavy (non-hydrogen) atoms. The van der Waals surface area contributed by atoms with Crippen LogP contribution in [0, 0.1) is 17.8 Å². The predicted molar refractivity (Wildman–Crippen MR) is 134 cm³/mol. The highest BCUT2D eigenvalue weighted by molar-refractivity contribution is 6.74. The van der Waals surface area contributed by atoms with Crippen molar-refractivity contribution < 1.29 is 23.7 Å². The first-order chi connectivity index (χ1) is 15.4. The summed E-state index contributed by atoms with van der Waals surface area (Å²) in [7, 11) is -2.07. The van der Waals surface area contributed by atoms with E-state index in [0.717, 1.165) is 25.0 Å². The fourth-order valence-electron chi connectivity index (χ4n) is 4.88. The summed E-state index contributed by atoms with van der Waals surface area (Å²) >= 11 is 0. The molecule has 1 aromatic carbocycles. The second-order valence-corrected chi connectivity index (χ2v) is 16.5. The van der Waals surface area contributed by atoms with Crippen LogP contribution in [-0.2, 0) is 25.2 Å². The van der Waals surface area contributed by atoms with Gasteiger partial charge in [-0.2, -0.15) is 0 Å². The summed E-state index contributed by atoms with van der Waals surface area (Å²) in [5.41, 5.74) is 1.11. The average molecular weight is 479 g/mol. The van der Waals surface area contributed by atoms with Gasteiger partial charge < -0.3 is 23.7 Å².